The van der Waals surface area contributed by atoms with E-state index in [9.17, 15) is 81.8 Å². The molecule has 0 aromatic heterocycles. The number of carboxylic acid groups (broad SMARTS) is 1. The zero-order valence-electron chi connectivity index (χ0n) is 68.0. The normalized spacial score (nSPS) is 17.8. The van der Waals surface area contributed by atoms with Gasteiger partial charge in [-0.2, -0.15) is 0 Å². The molecule has 2 heterocycles. The van der Waals surface area contributed by atoms with E-state index in [1.54, 1.807) is 27.7 Å². The quantitative estimate of drug-likeness (QED) is 0.0253. The van der Waals surface area contributed by atoms with Crippen LogP contribution in [0.2, 0.25) is 0 Å². The Balaban J connectivity index is 2.32. The molecule has 16 atom stereocenters. The minimum atomic E-state index is -1.33. The van der Waals surface area contributed by atoms with E-state index in [2.05, 4.69) is 69.1 Å². The summed E-state index contributed by atoms with van der Waals surface area (Å²) >= 11 is 0. The number of unbranched alkanes of at least 4 members (excludes halogenated alkanes) is 6. The number of carboxylic acids is 1. The molecule has 0 unspecified atom stereocenters. The van der Waals surface area contributed by atoms with Crippen molar-refractivity contribution in [3.63, 3.8) is 0 Å². The second-order valence-electron chi connectivity index (χ2n) is 30.2. The summed E-state index contributed by atoms with van der Waals surface area (Å²) in [6, 6.07) is -19.2. The molecule has 113 heavy (non-hydrogen) atoms. The number of likely N-dealkylation sites (tertiary alicyclic amines) is 2. The molecule has 2 aliphatic heterocycles. The third kappa shape index (κ3) is 35.3. The topological polar surface area (TPSA) is 638 Å². The van der Waals surface area contributed by atoms with Crippen LogP contribution >= 0.6 is 0 Å². The summed E-state index contributed by atoms with van der Waals surface area (Å²) in [5.74, 6) is -13.2. The zero-order valence-corrected chi connectivity index (χ0v) is 68.0. The van der Waals surface area contributed by atoms with Gasteiger partial charge in [0, 0.05) is 13.1 Å². The molecule has 39 heteroatoms. The molecule has 28 N–H and O–H groups in total. The number of nitrogens with one attached hydrogen (secondary N) is 13. The van der Waals surface area contributed by atoms with E-state index in [1.165, 1.54) is 51.3 Å². The third-order valence-corrected chi connectivity index (χ3v) is 19.8. The van der Waals surface area contributed by atoms with Gasteiger partial charge in [-0.05, 0) is 234 Å². The Labute approximate surface area is 664 Å². The van der Waals surface area contributed by atoms with Crippen LogP contribution < -0.4 is 109 Å². The molecule has 0 aromatic carbocycles. The van der Waals surface area contributed by atoms with Crippen molar-refractivity contribution < 1.29 is 81.8 Å². The Bertz CT molecular complexity index is 3110. The monoisotopic (exact) mass is 1610 g/mol. The third-order valence-electron chi connectivity index (χ3n) is 19.8. The molecule has 2 aliphatic rings. The number of amides is 15. The van der Waals surface area contributed by atoms with Crippen molar-refractivity contribution in [3.8, 4) is 0 Å². The predicted molar refractivity (Wildman–Crippen MR) is 421 cm³/mol. The van der Waals surface area contributed by atoms with Crippen LogP contribution in [0.15, 0.2) is 0 Å². The predicted octanol–water partition coefficient (Wildman–Crippen LogP) is -5.11. The SMILES string of the molecule is CC(C)[C@H](NC(=O)[C@H](C)NC(=O)[C@H](C)N)C(=O)N[C@@H](C)C(=O)N[C@@H](CCCCN)C(=O)N[C@@H](CCCCN)C(=O)N1CCC[C@H]1C(=O)N[C@@H](C)C(=O)N[C@H](C(=O)N[C@@H](CCCCN)C(=O)N[C@@H](CCCCN)C(=O)N[C@@H](C)C(=O)N[C@@H](CCCCN)C(=O)N[C@@H](CCCCN)C(=O)N[C@@H](C)C(=O)N1CCC[C@H]1C(=O)O)C(C)C. The summed E-state index contributed by atoms with van der Waals surface area (Å²) < 4.78 is 0. The second kappa shape index (κ2) is 53.3. The van der Waals surface area contributed by atoms with Gasteiger partial charge >= 0.3 is 5.97 Å². The van der Waals surface area contributed by atoms with Gasteiger partial charge in [0.25, 0.3) is 0 Å². The number of aliphatic carboxylic acids is 1. The van der Waals surface area contributed by atoms with Crippen molar-refractivity contribution in [1.82, 2.24) is 78.9 Å². The Morgan fingerprint density at radius 3 is 0.894 bits per heavy atom. The van der Waals surface area contributed by atoms with Crippen molar-refractivity contribution in [2.45, 2.75) is 307 Å². The summed E-state index contributed by atoms with van der Waals surface area (Å²) in [6.07, 6.45) is 6.46. The first-order valence-electron chi connectivity index (χ1n) is 40.2. The van der Waals surface area contributed by atoms with Gasteiger partial charge in [-0.25, -0.2) is 4.79 Å². The van der Waals surface area contributed by atoms with E-state index >= 15 is 0 Å². The molecule has 39 nitrogen and oxygen atoms in total. The maximum atomic E-state index is 14.7. The number of hydrogen-bond acceptors (Lipinski definition) is 23. The molecular formula is C74H136N22O17. The molecule has 2 saturated heterocycles. The smallest absolute Gasteiger partial charge is 0.326 e. The summed E-state index contributed by atoms with van der Waals surface area (Å²) in [6.45, 7) is 16.8. The number of nitrogens with two attached hydrogens (primary N) is 7. The van der Waals surface area contributed by atoms with E-state index < -0.39 is 203 Å². The summed E-state index contributed by atoms with van der Waals surface area (Å²) in [5, 5.41) is 44.2. The molecule has 0 saturated carbocycles. The van der Waals surface area contributed by atoms with E-state index in [4.69, 9.17) is 40.1 Å². The van der Waals surface area contributed by atoms with Crippen LogP contribution in [-0.2, 0) is 76.7 Å². The maximum absolute atomic E-state index is 14.7. The summed E-state index contributed by atoms with van der Waals surface area (Å²) in [7, 11) is 0. The minimum absolute atomic E-state index is 0.0211. The van der Waals surface area contributed by atoms with Crippen molar-refractivity contribution in [1.29, 1.82) is 0 Å². The van der Waals surface area contributed by atoms with Crippen LogP contribution in [0.25, 0.3) is 0 Å². The van der Waals surface area contributed by atoms with Gasteiger partial charge in [0.15, 0.2) is 0 Å². The first-order valence-corrected chi connectivity index (χ1v) is 40.2. The highest BCUT2D eigenvalue weighted by atomic mass is 16.4. The van der Waals surface area contributed by atoms with Gasteiger partial charge < -0.3 is 124 Å². The largest absolute Gasteiger partial charge is 0.480 e. The van der Waals surface area contributed by atoms with Crippen molar-refractivity contribution in [2.24, 2.45) is 52.0 Å². The zero-order chi connectivity index (χ0) is 85.2. The fraction of sp³-hybridized carbons (Fsp3) is 0.784. The number of hydrogen-bond donors (Lipinski definition) is 21. The van der Waals surface area contributed by atoms with Gasteiger partial charge in [-0.15, -0.1) is 0 Å². The Hall–Kier alpha value is -8.76. The van der Waals surface area contributed by atoms with Crippen LogP contribution in [0.1, 0.15) is 210 Å². The minimum Gasteiger partial charge on any atom is -0.480 e. The molecule has 0 aromatic rings. The summed E-state index contributed by atoms with van der Waals surface area (Å²) in [4.78, 5) is 223. The maximum Gasteiger partial charge on any atom is 0.326 e. The first kappa shape index (κ1) is 100. The molecule has 2 rings (SSSR count). The van der Waals surface area contributed by atoms with Crippen LogP contribution in [0.4, 0.5) is 0 Å². The van der Waals surface area contributed by atoms with Gasteiger partial charge in [0.05, 0.1) is 6.04 Å². The fourth-order valence-electron chi connectivity index (χ4n) is 12.8. The average Bonchev–Trinajstić information content (AvgIpc) is 1.72. The highest BCUT2D eigenvalue weighted by Crippen LogP contribution is 2.22. The number of carbonyl (C=O) groups excluding carboxylic acids is 15. The van der Waals surface area contributed by atoms with E-state index in [-0.39, 0.29) is 104 Å². The standard InChI is InChI=1S/C74H136N22O17/c1-41(2)57(93-62(100)46(8)82-59(97)43(5)81)70(108)85-45(7)61(99)88-52(28-14-20-36-78)68(106)92-54(30-16-22-38-80)73(111)95-39-23-31-55(95)69(107)84-47(9)63(101)94-58(42(3)4)71(109)91-53(29-15-21-37-79)67(105)89-49(25-11-17-33-75)64(102)83-44(6)60(98)87-51(27-13-19-35-77)66(104)90-50(26-12-18-34-76)65(103)86-48(10)72(110)96-40-24-32-56(96)74(112)113/h41-58H,11-40,75-81H2,1-10H3,(H,82,97)(H,83,102)(H,84,107)(H,85,108)(H,86,103)(H,87,98)(H,88,99)(H,89,105)(H,90,104)(H,91,109)(H,92,106)(H,93,100)(H,94,101)(H,112,113)/t43-,44-,45-,46-,47-,48-,49-,50-,51-,52-,53-,54-,55-,56-,57-,58-/m0/s1. The number of carbonyl (C=O) groups is 16. The molecule has 644 valence electrons. The van der Waals surface area contributed by atoms with Crippen molar-refractivity contribution in [2.75, 3.05) is 52.4 Å². The van der Waals surface area contributed by atoms with E-state index in [0.29, 0.717) is 89.9 Å². The van der Waals surface area contributed by atoms with Gasteiger partial charge in [-0.1, -0.05) is 27.7 Å². The van der Waals surface area contributed by atoms with Crippen molar-refractivity contribution >= 4 is 94.6 Å². The van der Waals surface area contributed by atoms with Crippen LogP contribution in [0.3, 0.4) is 0 Å². The lowest BCUT2D eigenvalue weighted by atomic mass is 10.0. The molecule has 2 fully saturated rings. The Kier molecular flexibility index (Phi) is 47.4. The Morgan fingerprint density at radius 2 is 0.558 bits per heavy atom. The van der Waals surface area contributed by atoms with Gasteiger partial charge in [-0.3, -0.25) is 71.9 Å². The molecule has 0 spiro atoms. The first-order chi connectivity index (χ1) is 53.4. The molecule has 0 radical (unpaired) electrons. The lowest BCUT2D eigenvalue weighted by Crippen LogP contribution is -2.61. The fourth-order valence-corrected chi connectivity index (χ4v) is 12.8. The van der Waals surface area contributed by atoms with Gasteiger partial charge in [0.2, 0.25) is 88.6 Å². The lowest BCUT2D eigenvalue weighted by molar-refractivity contribution is -0.149. The highest BCUT2D eigenvalue weighted by Gasteiger charge is 2.42. The Morgan fingerprint density at radius 1 is 0.301 bits per heavy atom. The highest BCUT2D eigenvalue weighted by molar-refractivity contribution is 6.01. The molecule has 0 bridgehead atoms. The molecular weight excluding hydrogens is 1470 g/mol. The molecule has 15 amide bonds. The number of nitrogens with zero attached hydrogens (tertiary/aromatic N) is 2. The van der Waals surface area contributed by atoms with Gasteiger partial charge in [0.1, 0.15) is 90.6 Å². The van der Waals surface area contributed by atoms with Crippen LogP contribution in [0, 0.1) is 11.8 Å². The molecule has 0 aliphatic carbocycles. The lowest BCUT2D eigenvalue weighted by Gasteiger charge is -2.31. The second-order valence-corrected chi connectivity index (χ2v) is 30.2. The average molecular weight is 1610 g/mol. The van der Waals surface area contributed by atoms with Crippen LogP contribution in [0.5, 0.6) is 0 Å². The van der Waals surface area contributed by atoms with E-state index in [1.807, 2.05) is 0 Å². The van der Waals surface area contributed by atoms with E-state index in [0.717, 1.165) is 0 Å². The van der Waals surface area contributed by atoms with Crippen LogP contribution in [-0.4, -0.2) is 259 Å². The van der Waals surface area contributed by atoms with Crippen molar-refractivity contribution in [3.05, 3.63) is 0 Å². The number of rotatable bonds is 55. The summed E-state index contributed by atoms with van der Waals surface area (Å²) in [5.41, 5.74) is 40.4.